The SMILES string of the molecule is CCC1CCCCN1C(CN)CC1CCCCC1. The molecule has 1 saturated heterocycles. The molecule has 0 aromatic rings. The monoisotopic (exact) mass is 252 g/mol. The van der Waals surface area contributed by atoms with Crippen molar-refractivity contribution in [3.05, 3.63) is 0 Å². The third-order valence-corrected chi connectivity index (χ3v) is 5.22. The number of likely N-dealkylation sites (tertiary alicyclic amines) is 1. The average molecular weight is 252 g/mol. The fraction of sp³-hybridized carbons (Fsp3) is 1.00. The van der Waals surface area contributed by atoms with E-state index in [0.717, 1.165) is 18.5 Å². The number of nitrogens with zero attached hydrogens (tertiary/aromatic N) is 1. The summed E-state index contributed by atoms with van der Waals surface area (Å²) in [7, 11) is 0. The molecule has 1 saturated carbocycles. The van der Waals surface area contributed by atoms with Gasteiger partial charge in [-0.1, -0.05) is 45.4 Å². The van der Waals surface area contributed by atoms with Gasteiger partial charge in [0.1, 0.15) is 0 Å². The van der Waals surface area contributed by atoms with Gasteiger partial charge in [0.2, 0.25) is 0 Å². The highest BCUT2D eigenvalue weighted by Gasteiger charge is 2.29. The summed E-state index contributed by atoms with van der Waals surface area (Å²) in [6.07, 6.45) is 14.2. The molecule has 2 heteroatoms. The highest BCUT2D eigenvalue weighted by atomic mass is 15.2. The van der Waals surface area contributed by atoms with E-state index in [-0.39, 0.29) is 0 Å². The standard InChI is InChI=1S/C16H32N2/c1-2-15-10-6-7-11-18(15)16(13-17)12-14-8-4-3-5-9-14/h14-16H,2-13,17H2,1H3. The lowest BCUT2D eigenvalue weighted by Crippen LogP contribution is -2.50. The highest BCUT2D eigenvalue weighted by Crippen LogP contribution is 2.30. The number of hydrogen-bond donors (Lipinski definition) is 1. The van der Waals surface area contributed by atoms with Crippen LogP contribution in [0, 0.1) is 5.92 Å². The van der Waals surface area contributed by atoms with Crippen LogP contribution in [0.2, 0.25) is 0 Å². The Hall–Kier alpha value is -0.0800. The minimum absolute atomic E-state index is 0.665. The third-order valence-electron chi connectivity index (χ3n) is 5.22. The van der Waals surface area contributed by atoms with Crippen molar-refractivity contribution < 1.29 is 0 Å². The Morgan fingerprint density at radius 1 is 1.06 bits per heavy atom. The van der Waals surface area contributed by atoms with Crippen molar-refractivity contribution >= 4 is 0 Å². The maximum atomic E-state index is 6.10. The second-order valence-electron chi connectivity index (χ2n) is 6.42. The molecule has 2 fully saturated rings. The van der Waals surface area contributed by atoms with Crippen molar-refractivity contribution in [1.29, 1.82) is 0 Å². The molecule has 2 atom stereocenters. The second kappa shape index (κ2) is 7.49. The summed E-state index contributed by atoms with van der Waals surface area (Å²) in [5.41, 5.74) is 6.10. The van der Waals surface area contributed by atoms with Crippen molar-refractivity contribution in [2.45, 2.75) is 83.2 Å². The van der Waals surface area contributed by atoms with Gasteiger partial charge >= 0.3 is 0 Å². The van der Waals surface area contributed by atoms with E-state index in [0.29, 0.717) is 6.04 Å². The number of piperidine rings is 1. The van der Waals surface area contributed by atoms with Crippen LogP contribution in [0.25, 0.3) is 0 Å². The van der Waals surface area contributed by atoms with E-state index in [2.05, 4.69) is 11.8 Å². The molecular formula is C16H32N2. The molecule has 106 valence electrons. The van der Waals surface area contributed by atoms with Crippen molar-refractivity contribution in [2.24, 2.45) is 11.7 Å². The summed E-state index contributed by atoms with van der Waals surface area (Å²) < 4.78 is 0. The van der Waals surface area contributed by atoms with Crippen LogP contribution in [0.4, 0.5) is 0 Å². The summed E-state index contributed by atoms with van der Waals surface area (Å²) in [4.78, 5) is 2.76. The Labute approximate surface area is 113 Å². The predicted octanol–water partition coefficient (Wildman–Crippen LogP) is 3.55. The molecule has 2 nitrogen and oxygen atoms in total. The fourth-order valence-corrected chi connectivity index (χ4v) is 4.12. The van der Waals surface area contributed by atoms with E-state index >= 15 is 0 Å². The third kappa shape index (κ3) is 3.71. The number of nitrogens with two attached hydrogens (primary N) is 1. The molecule has 2 aliphatic rings. The smallest absolute Gasteiger partial charge is 0.0223 e. The lowest BCUT2D eigenvalue weighted by molar-refractivity contribution is 0.0766. The molecular weight excluding hydrogens is 220 g/mol. The fourth-order valence-electron chi connectivity index (χ4n) is 4.12. The van der Waals surface area contributed by atoms with E-state index in [9.17, 15) is 0 Å². The molecule has 2 unspecified atom stereocenters. The second-order valence-corrected chi connectivity index (χ2v) is 6.42. The molecule has 18 heavy (non-hydrogen) atoms. The quantitative estimate of drug-likeness (QED) is 0.811. The molecule has 1 aliphatic heterocycles. The van der Waals surface area contributed by atoms with Gasteiger partial charge in [-0.15, -0.1) is 0 Å². The van der Waals surface area contributed by atoms with Crippen molar-refractivity contribution in [2.75, 3.05) is 13.1 Å². The zero-order chi connectivity index (χ0) is 12.8. The summed E-state index contributed by atoms with van der Waals surface area (Å²) in [6, 6.07) is 1.48. The largest absolute Gasteiger partial charge is 0.329 e. The lowest BCUT2D eigenvalue weighted by atomic mass is 9.83. The normalized spacial score (nSPS) is 29.3. The molecule has 0 bridgehead atoms. The topological polar surface area (TPSA) is 29.3 Å². The van der Waals surface area contributed by atoms with Crippen LogP contribution in [0.3, 0.4) is 0 Å². The van der Waals surface area contributed by atoms with Gasteiger partial charge in [-0.2, -0.15) is 0 Å². The molecule has 0 aromatic carbocycles. The van der Waals surface area contributed by atoms with E-state index in [4.69, 9.17) is 5.73 Å². The van der Waals surface area contributed by atoms with E-state index in [1.165, 1.54) is 70.8 Å². The Kier molecular flexibility index (Phi) is 5.97. The molecule has 0 spiro atoms. The number of hydrogen-bond acceptors (Lipinski definition) is 2. The van der Waals surface area contributed by atoms with E-state index in [1.807, 2.05) is 0 Å². The summed E-state index contributed by atoms with van der Waals surface area (Å²) in [5, 5.41) is 0. The van der Waals surface area contributed by atoms with Gasteiger partial charge < -0.3 is 5.73 Å². The van der Waals surface area contributed by atoms with Gasteiger partial charge in [0.25, 0.3) is 0 Å². The lowest BCUT2D eigenvalue weighted by Gasteiger charge is -2.42. The van der Waals surface area contributed by atoms with E-state index in [1.54, 1.807) is 0 Å². The zero-order valence-corrected chi connectivity index (χ0v) is 12.2. The minimum atomic E-state index is 0.665. The van der Waals surface area contributed by atoms with Gasteiger partial charge in [0.05, 0.1) is 0 Å². The Morgan fingerprint density at radius 3 is 2.44 bits per heavy atom. The van der Waals surface area contributed by atoms with Crippen LogP contribution in [-0.2, 0) is 0 Å². The number of rotatable bonds is 5. The molecule has 0 aromatic heterocycles. The van der Waals surface area contributed by atoms with E-state index < -0.39 is 0 Å². The molecule has 2 N–H and O–H groups in total. The van der Waals surface area contributed by atoms with Crippen LogP contribution in [-0.4, -0.2) is 30.1 Å². The van der Waals surface area contributed by atoms with Crippen LogP contribution in [0.1, 0.15) is 71.1 Å². The molecule has 1 aliphatic carbocycles. The molecule has 0 radical (unpaired) electrons. The van der Waals surface area contributed by atoms with Crippen molar-refractivity contribution in [3.63, 3.8) is 0 Å². The van der Waals surface area contributed by atoms with Crippen LogP contribution in [0.15, 0.2) is 0 Å². The van der Waals surface area contributed by atoms with Gasteiger partial charge in [0, 0.05) is 18.6 Å². The first kappa shape index (κ1) is 14.3. The minimum Gasteiger partial charge on any atom is -0.329 e. The maximum absolute atomic E-state index is 6.10. The van der Waals surface area contributed by atoms with Gasteiger partial charge in [0.15, 0.2) is 0 Å². The van der Waals surface area contributed by atoms with Crippen LogP contribution >= 0.6 is 0 Å². The Balaban J connectivity index is 1.89. The first-order valence-electron chi connectivity index (χ1n) is 8.31. The molecule has 2 rings (SSSR count). The van der Waals surface area contributed by atoms with Gasteiger partial charge in [-0.3, -0.25) is 4.90 Å². The maximum Gasteiger partial charge on any atom is 0.0223 e. The van der Waals surface area contributed by atoms with Gasteiger partial charge in [-0.05, 0) is 38.1 Å². The van der Waals surface area contributed by atoms with Crippen LogP contribution in [0.5, 0.6) is 0 Å². The summed E-state index contributed by atoms with van der Waals surface area (Å²) in [5.74, 6) is 0.965. The van der Waals surface area contributed by atoms with Gasteiger partial charge in [-0.25, -0.2) is 0 Å². The Morgan fingerprint density at radius 2 is 1.78 bits per heavy atom. The first-order valence-corrected chi connectivity index (χ1v) is 8.31. The zero-order valence-electron chi connectivity index (χ0n) is 12.2. The van der Waals surface area contributed by atoms with Crippen molar-refractivity contribution in [3.8, 4) is 0 Å². The first-order chi connectivity index (χ1) is 8.85. The molecule has 0 amide bonds. The van der Waals surface area contributed by atoms with Crippen LogP contribution < -0.4 is 5.73 Å². The average Bonchev–Trinajstić information content (AvgIpc) is 2.46. The molecule has 1 heterocycles. The van der Waals surface area contributed by atoms with Crippen molar-refractivity contribution in [1.82, 2.24) is 4.90 Å². The highest BCUT2D eigenvalue weighted by molar-refractivity contribution is 4.85. The summed E-state index contributed by atoms with van der Waals surface area (Å²) >= 11 is 0. The predicted molar refractivity (Wildman–Crippen MR) is 78.7 cm³/mol. The Bertz CT molecular complexity index is 223. The summed E-state index contributed by atoms with van der Waals surface area (Å²) in [6.45, 7) is 4.51.